The maximum Gasteiger partial charge on any atom is 0.0781 e. The van der Waals surface area contributed by atoms with Crippen molar-refractivity contribution in [2.24, 2.45) is 0 Å². The van der Waals surface area contributed by atoms with Gasteiger partial charge in [-0.15, -0.1) is 13.2 Å². The first-order chi connectivity index (χ1) is 13.0. The molecule has 1 heterocycles. The number of aliphatic hydroxyl groups excluding tert-OH is 1. The lowest BCUT2D eigenvalue weighted by atomic mass is 10.00. The fourth-order valence-corrected chi connectivity index (χ4v) is 2.79. The van der Waals surface area contributed by atoms with Crippen molar-refractivity contribution in [2.75, 3.05) is 6.61 Å². The van der Waals surface area contributed by atoms with Crippen molar-refractivity contribution in [2.45, 2.75) is 45.3 Å². The normalized spacial score (nSPS) is 15.3. The summed E-state index contributed by atoms with van der Waals surface area (Å²) in [5.41, 5.74) is 3.77. The van der Waals surface area contributed by atoms with Crippen LogP contribution < -0.4 is 0 Å². The van der Waals surface area contributed by atoms with E-state index in [9.17, 15) is 5.11 Å². The van der Waals surface area contributed by atoms with Crippen LogP contribution in [0.5, 0.6) is 0 Å². The summed E-state index contributed by atoms with van der Waals surface area (Å²) in [5, 5.41) is 9.27. The van der Waals surface area contributed by atoms with Gasteiger partial charge in [0.05, 0.1) is 18.8 Å². The van der Waals surface area contributed by atoms with Gasteiger partial charge in [0.15, 0.2) is 0 Å². The van der Waals surface area contributed by atoms with E-state index in [0.29, 0.717) is 6.10 Å². The molecule has 1 aliphatic heterocycles. The van der Waals surface area contributed by atoms with Crippen LogP contribution in [0.15, 0.2) is 78.3 Å². The molecule has 1 fully saturated rings. The van der Waals surface area contributed by atoms with Crippen LogP contribution in [0.3, 0.4) is 0 Å². The van der Waals surface area contributed by atoms with Gasteiger partial charge in [-0.3, -0.25) is 0 Å². The van der Waals surface area contributed by atoms with E-state index in [4.69, 9.17) is 4.74 Å². The molecule has 0 saturated carbocycles. The number of hydrogen-bond acceptors (Lipinski definition) is 2. The molecule has 2 nitrogen and oxygen atoms in total. The van der Waals surface area contributed by atoms with Crippen molar-refractivity contribution in [1.82, 2.24) is 0 Å². The van der Waals surface area contributed by atoms with E-state index >= 15 is 0 Å². The van der Waals surface area contributed by atoms with E-state index in [1.54, 1.807) is 0 Å². The Kier molecular flexibility index (Phi) is 11.7. The fourth-order valence-electron chi connectivity index (χ4n) is 2.35. The maximum absolute atomic E-state index is 9.27. The van der Waals surface area contributed by atoms with Crippen LogP contribution in [0.25, 0.3) is 0 Å². The first-order valence-electron chi connectivity index (χ1n) is 9.29. The predicted molar refractivity (Wildman–Crippen MR) is 119 cm³/mol. The molecule has 3 rings (SSSR count). The third-order valence-electron chi connectivity index (χ3n) is 3.82. The van der Waals surface area contributed by atoms with E-state index in [0.717, 1.165) is 30.3 Å². The summed E-state index contributed by atoms with van der Waals surface area (Å²) >= 11 is 3.45. The monoisotopic (exact) mass is 430 g/mol. The lowest BCUT2D eigenvalue weighted by molar-refractivity contribution is 0.195. The molecule has 0 aliphatic carbocycles. The molecule has 2 aromatic rings. The van der Waals surface area contributed by atoms with E-state index in [1.807, 2.05) is 49.4 Å². The van der Waals surface area contributed by atoms with Gasteiger partial charge in [-0.2, -0.15) is 0 Å². The third-order valence-corrected chi connectivity index (χ3v) is 4.59. The smallest absolute Gasteiger partial charge is 0.0781 e. The van der Waals surface area contributed by atoms with Crippen molar-refractivity contribution in [1.29, 1.82) is 0 Å². The molecule has 0 amide bonds. The highest BCUT2D eigenvalue weighted by Gasteiger charge is 2.13. The predicted octanol–water partition coefficient (Wildman–Crippen LogP) is 5.92. The molecule has 2 aromatic carbocycles. The zero-order valence-electron chi connectivity index (χ0n) is 16.4. The highest BCUT2D eigenvalue weighted by Crippen LogP contribution is 2.16. The molecular weight excluding hydrogens is 400 g/mol. The first kappa shape index (κ1) is 23.4. The second-order valence-electron chi connectivity index (χ2n) is 6.54. The average Bonchev–Trinajstić information content (AvgIpc) is 3.42. The Morgan fingerprint density at radius 3 is 1.93 bits per heavy atom. The highest BCUT2D eigenvalue weighted by atomic mass is 79.9. The van der Waals surface area contributed by atoms with E-state index in [1.165, 1.54) is 16.7 Å². The summed E-state index contributed by atoms with van der Waals surface area (Å²) in [6.07, 6.45) is 6.64. The number of aliphatic hydroxyl groups is 1. The number of benzene rings is 2. The zero-order chi connectivity index (χ0) is 20.1. The number of allylic oxidation sites excluding steroid dienone is 2. The molecule has 27 heavy (non-hydrogen) atoms. The van der Waals surface area contributed by atoms with Crippen LogP contribution in [0.4, 0.5) is 0 Å². The molecule has 1 N–H and O–H groups in total. The molecule has 146 valence electrons. The zero-order valence-corrected chi connectivity index (χ0v) is 18.0. The lowest BCUT2D eigenvalue weighted by Gasteiger charge is -2.08. The molecule has 1 saturated heterocycles. The quantitative estimate of drug-likeness (QED) is 0.455. The Balaban J connectivity index is 0.000000228. The van der Waals surface area contributed by atoms with Crippen LogP contribution in [0.2, 0.25) is 0 Å². The molecule has 0 aromatic heterocycles. The first-order valence-corrected chi connectivity index (χ1v) is 10.1. The Morgan fingerprint density at radius 1 is 1.04 bits per heavy atom. The average molecular weight is 431 g/mol. The lowest BCUT2D eigenvalue weighted by Crippen LogP contribution is -2.06. The van der Waals surface area contributed by atoms with Gasteiger partial charge in [0, 0.05) is 4.47 Å². The SMILES string of the molecule is C=CCc1ccccc1Br.C=CCc1ccccc1C[C@@H](C)O.C[C@@H]1CO1. The minimum Gasteiger partial charge on any atom is -0.393 e. The molecule has 2 atom stereocenters. The standard InChI is InChI=1S/C12H16O.C9H9Br.C3H6O/c1-3-6-11-7-4-5-8-12(11)9-10(2)13;1-2-5-8-6-3-4-7-9(8)10;1-3-2-4-3/h3-5,7-8,10,13H,1,6,9H2,2H3;2-4,6-7H,1,5H2;3H,2H2,1H3/t10-;;3-/m1.1/s1. The van der Waals surface area contributed by atoms with Crippen LogP contribution in [-0.4, -0.2) is 23.9 Å². The summed E-state index contributed by atoms with van der Waals surface area (Å²) in [7, 11) is 0. The molecule has 0 radical (unpaired) electrons. The Bertz CT molecular complexity index is 690. The fraction of sp³-hybridized carbons (Fsp3) is 0.333. The van der Waals surface area contributed by atoms with Crippen LogP contribution in [0, 0.1) is 0 Å². The number of hydrogen-bond donors (Lipinski definition) is 1. The van der Waals surface area contributed by atoms with Crippen molar-refractivity contribution in [3.63, 3.8) is 0 Å². The van der Waals surface area contributed by atoms with Gasteiger partial charge in [0.1, 0.15) is 0 Å². The van der Waals surface area contributed by atoms with Crippen molar-refractivity contribution >= 4 is 15.9 Å². The largest absolute Gasteiger partial charge is 0.393 e. The molecule has 1 aliphatic rings. The molecule has 0 unspecified atom stereocenters. The minimum absolute atomic E-state index is 0.272. The Hall–Kier alpha value is -1.68. The van der Waals surface area contributed by atoms with Gasteiger partial charge in [0.2, 0.25) is 0 Å². The van der Waals surface area contributed by atoms with E-state index in [-0.39, 0.29) is 6.10 Å². The van der Waals surface area contributed by atoms with Gasteiger partial charge < -0.3 is 9.84 Å². The summed E-state index contributed by atoms with van der Waals surface area (Å²) in [5.74, 6) is 0. The van der Waals surface area contributed by atoms with Crippen molar-refractivity contribution < 1.29 is 9.84 Å². The summed E-state index contributed by atoms with van der Waals surface area (Å²) in [6, 6.07) is 16.3. The van der Waals surface area contributed by atoms with Gasteiger partial charge in [-0.25, -0.2) is 0 Å². The van der Waals surface area contributed by atoms with Gasteiger partial charge in [-0.1, -0.05) is 70.5 Å². The van der Waals surface area contributed by atoms with Gasteiger partial charge in [-0.05, 0) is 55.9 Å². The minimum atomic E-state index is -0.272. The Morgan fingerprint density at radius 2 is 1.48 bits per heavy atom. The van der Waals surface area contributed by atoms with Crippen LogP contribution in [0.1, 0.15) is 30.5 Å². The number of ether oxygens (including phenoxy) is 1. The number of halogens is 1. The highest BCUT2D eigenvalue weighted by molar-refractivity contribution is 9.10. The van der Waals surface area contributed by atoms with E-state index in [2.05, 4.69) is 54.2 Å². The van der Waals surface area contributed by atoms with Crippen molar-refractivity contribution in [3.8, 4) is 0 Å². The molecule has 3 heteroatoms. The third kappa shape index (κ3) is 10.9. The Labute approximate surface area is 172 Å². The summed E-state index contributed by atoms with van der Waals surface area (Å²) in [6.45, 7) is 12.2. The van der Waals surface area contributed by atoms with Crippen LogP contribution in [-0.2, 0) is 24.0 Å². The van der Waals surface area contributed by atoms with E-state index < -0.39 is 0 Å². The molecule has 0 spiro atoms. The van der Waals surface area contributed by atoms with Crippen molar-refractivity contribution in [3.05, 3.63) is 95.0 Å². The second-order valence-corrected chi connectivity index (χ2v) is 7.40. The number of epoxide rings is 1. The molecular formula is C24H31BrO2. The van der Waals surface area contributed by atoms with Gasteiger partial charge >= 0.3 is 0 Å². The van der Waals surface area contributed by atoms with Gasteiger partial charge in [0.25, 0.3) is 0 Å². The second kappa shape index (κ2) is 13.5. The maximum atomic E-state index is 9.27. The van der Waals surface area contributed by atoms with Crippen LogP contribution >= 0.6 is 15.9 Å². The number of rotatable bonds is 6. The summed E-state index contributed by atoms with van der Waals surface area (Å²) < 4.78 is 5.87. The molecule has 0 bridgehead atoms. The summed E-state index contributed by atoms with van der Waals surface area (Å²) in [4.78, 5) is 0. The topological polar surface area (TPSA) is 32.8 Å².